The van der Waals surface area contributed by atoms with Crippen LogP contribution in [0.4, 0.5) is 0 Å². The van der Waals surface area contributed by atoms with Gasteiger partial charge in [-0.2, -0.15) is 0 Å². The molecule has 0 spiro atoms. The maximum absolute atomic E-state index is 11.9. The summed E-state index contributed by atoms with van der Waals surface area (Å²) in [5.41, 5.74) is 3.16. The fraction of sp³-hybridized carbons (Fsp3) is 0.263. The summed E-state index contributed by atoms with van der Waals surface area (Å²) in [6.45, 7) is 0.686. The number of aromatic nitrogens is 3. The Labute approximate surface area is 151 Å². The Morgan fingerprint density at radius 2 is 1.92 bits per heavy atom. The SMILES string of the molecule is O=C(CCc1csc(-c2cccnc2)n1)NCCCc1cccnc1. The highest BCUT2D eigenvalue weighted by Crippen LogP contribution is 2.23. The van der Waals surface area contributed by atoms with E-state index in [1.807, 2.05) is 29.8 Å². The van der Waals surface area contributed by atoms with Gasteiger partial charge in [-0.1, -0.05) is 6.07 Å². The lowest BCUT2D eigenvalue weighted by Gasteiger charge is -2.04. The van der Waals surface area contributed by atoms with Gasteiger partial charge < -0.3 is 5.32 Å². The van der Waals surface area contributed by atoms with E-state index in [4.69, 9.17) is 0 Å². The monoisotopic (exact) mass is 352 g/mol. The second-order valence-corrected chi connectivity index (χ2v) is 6.56. The van der Waals surface area contributed by atoms with Crippen LogP contribution >= 0.6 is 11.3 Å². The van der Waals surface area contributed by atoms with Crippen LogP contribution in [0, 0.1) is 0 Å². The van der Waals surface area contributed by atoms with Crippen LogP contribution in [-0.2, 0) is 17.6 Å². The van der Waals surface area contributed by atoms with Gasteiger partial charge in [-0.15, -0.1) is 11.3 Å². The summed E-state index contributed by atoms with van der Waals surface area (Å²) in [4.78, 5) is 24.7. The molecule has 0 saturated heterocycles. The van der Waals surface area contributed by atoms with E-state index in [2.05, 4.69) is 26.3 Å². The molecule has 0 unspecified atom stereocenters. The van der Waals surface area contributed by atoms with E-state index in [0.717, 1.165) is 29.1 Å². The lowest BCUT2D eigenvalue weighted by atomic mass is 10.1. The zero-order chi connectivity index (χ0) is 17.3. The van der Waals surface area contributed by atoms with Crippen molar-refractivity contribution in [2.45, 2.75) is 25.7 Å². The number of nitrogens with zero attached hydrogens (tertiary/aromatic N) is 3. The lowest BCUT2D eigenvalue weighted by molar-refractivity contribution is -0.121. The molecular weight excluding hydrogens is 332 g/mol. The Morgan fingerprint density at radius 1 is 1.08 bits per heavy atom. The van der Waals surface area contributed by atoms with Gasteiger partial charge in [0, 0.05) is 48.7 Å². The first-order valence-corrected chi connectivity index (χ1v) is 9.19. The average Bonchev–Trinajstić information content (AvgIpc) is 3.14. The Hall–Kier alpha value is -2.60. The van der Waals surface area contributed by atoms with E-state index >= 15 is 0 Å². The Balaban J connectivity index is 1.37. The van der Waals surface area contributed by atoms with Crippen molar-refractivity contribution in [1.29, 1.82) is 0 Å². The molecule has 0 atom stereocenters. The average molecular weight is 352 g/mol. The van der Waals surface area contributed by atoms with Gasteiger partial charge in [0.15, 0.2) is 0 Å². The van der Waals surface area contributed by atoms with E-state index in [1.165, 1.54) is 5.56 Å². The quantitative estimate of drug-likeness (QED) is 0.632. The molecule has 0 saturated carbocycles. The van der Waals surface area contributed by atoms with E-state index < -0.39 is 0 Å². The minimum Gasteiger partial charge on any atom is -0.356 e. The summed E-state index contributed by atoms with van der Waals surface area (Å²) in [7, 11) is 0. The third-order valence-corrected chi connectivity index (χ3v) is 4.70. The Bertz CT molecular complexity index is 789. The maximum atomic E-state index is 11.9. The van der Waals surface area contributed by atoms with Crippen LogP contribution in [0.15, 0.2) is 54.4 Å². The van der Waals surface area contributed by atoms with Gasteiger partial charge in [-0.3, -0.25) is 14.8 Å². The van der Waals surface area contributed by atoms with E-state index in [0.29, 0.717) is 19.4 Å². The van der Waals surface area contributed by atoms with Crippen LogP contribution < -0.4 is 5.32 Å². The van der Waals surface area contributed by atoms with Crippen LogP contribution in [0.1, 0.15) is 24.1 Å². The molecule has 0 aliphatic rings. The number of pyridine rings is 2. The zero-order valence-electron chi connectivity index (χ0n) is 13.9. The van der Waals surface area contributed by atoms with Gasteiger partial charge in [0.25, 0.3) is 0 Å². The number of amides is 1. The topological polar surface area (TPSA) is 67.8 Å². The molecule has 0 radical (unpaired) electrons. The highest BCUT2D eigenvalue weighted by molar-refractivity contribution is 7.13. The molecule has 6 heteroatoms. The van der Waals surface area contributed by atoms with Crippen LogP contribution in [0.2, 0.25) is 0 Å². The summed E-state index contributed by atoms with van der Waals surface area (Å²) in [5, 5.41) is 5.92. The molecule has 128 valence electrons. The van der Waals surface area contributed by atoms with Crippen molar-refractivity contribution in [1.82, 2.24) is 20.3 Å². The Morgan fingerprint density at radius 3 is 2.68 bits per heavy atom. The number of hydrogen-bond acceptors (Lipinski definition) is 5. The molecule has 3 aromatic rings. The van der Waals surface area contributed by atoms with Crippen molar-refractivity contribution in [3.05, 3.63) is 65.7 Å². The number of hydrogen-bond donors (Lipinski definition) is 1. The van der Waals surface area contributed by atoms with Gasteiger partial charge in [0.2, 0.25) is 5.91 Å². The van der Waals surface area contributed by atoms with Crippen molar-refractivity contribution in [2.75, 3.05) is 6.54 Å². The molecule has 3 aromatic heterocycles. The van der Waals surface area contributed by atoms with Crippen LogP contribution in [0.5, 0.6) is 0 Å². The smallest absolute Gasteiger partial charge is 0.220 e. The molecule has 25 heavy (non-hydrogen) atoms. The van der Waals surface area contributed by atoms with Gasteiger partial charge in [-0.05, 0) is 43.0 Å². The summed E-state index contributed by atoms with van der Waals surface area (Å²) in [5.74, 6) is 0.0714. The van der Waals surface area contributed by atoms with E-state index in [1.54, 1.807) is 29.9 Å². The second kappa shape index (κ2) is 9.03. The number of carbonyl (C=O) groups is 1. The molecule has 3 heterocycles. The van der Waals surface area contributed by atoms with E-state index in [-0.39, 0.29) is 5.91 Å². The van der Waals surface area contributed by atoms with Crippen molar-refractivity contribution in [2.24, 2.45) is 0 Å². The molecule has 0 aliphatic carbocycles. The maximum Gasteiger partial charge on any atom is 0.220 e. The lowest BCUT2D eigenvalue weighted by Crippen LogP contribution is -2.25. The number of nitrogens with one attached hydrogen (secondary N) is 1. The molecule has 5 nitrogen and oxygen atoms in total. The number of thiazole rings is 1. The van der Waals surface area contributed by atoms with Gasteiger partial charge >= 0.3 is 0 Å². The minimum atomic E-state index is 0.0714. The first-order valence-electron chi connectivity index (χ1n) is 8.31. The predicted molar refractivity (Wildman–Crippen MR) is 99.2 cm³/mol. The third-order valence-electron chi connectivity index (χ3n) is 3.76. The largest absolute Gasteiger partial charge is 0.356 e. The fourth-order valence-electron chi connectivity index (χ4n) is 2.44. The van der Waals surface area contributed by atoms with Crippen molar-refractivity contribution < 1.29 is 4.79 Å². The van der Waals surface area contributed by atoms with Crippen LogP contribution in [-0.4, -0.2) is 27.4 Å². The van der Waals surface area contributed by atoms with Crippen LogP contribution in [0.25, 0.3) is 10.6 Å². The molecule has 1 N–H and O–H groups in total. The molecule has 0 aromatic carbocycles. The number of rotatable bonds is 8. The van der Waals surface area contributed by atoms with E-state index in [9.17, 15) is 4.79 Å². The van der Waals surface area contributed by atoms with Crippen molar-refractivity contribution in [3.63, 3.8) is 0 Å². The van der Waals surface area contributed by atoms with Crippen molar-refractivity contribution >= 4 is 17.2 Å². The van der Waals surface area contributed by atoms with Gasteiger partial charge in [0.1, 0.15) is 5.01 Å². The standard InChI is InChI=1S/C19H20N4OS/c24-18(22-11-2-5-15-4-1-9-20-12-15)8-7-17-14-25-19(23-17)16-6-3-10-21-13-16/h1,3-4,6,9-10,12-14H,2,5,7-8,11H2,(H,22,24). The first-order chi connectivity index (χ1) is 12.3. The normalized spacial score (nSPS) is 10.6. The first kappa shape index (κ1) is 17.2. The number of aryl methyl sites for hydroxylation is 2. The summed E-state index contributed by atoms with van der Waals surface area (Å²) >= 11 is 1.58. The summed E-state index contributed by atoms with van der Waals surface area (Å²) < 4.78 is 0. The number of carbonyl (C=O) groups excluding carboxylic acids is 1. The molecule has 0 aliphatic heterocycles. The third kappa shape index (κ3) is 5.46. The Kier molecular flexibility index (Phi) is 6.23. The molecule has 1 amide bonds. The molecule has 0 bridgehead atoms. The highest BCUT2D eigenvalue weighted by Gasteiger charge is 2.07. The fourth-order valence-corrected chi connectivity index (χ4v) is 3.28. The van der Waals surface area contributed by atoms with Crippen molar-refractivity contribution in [3.8, 4) is 10.6 Å². The second-order valence-electron chi connectivity index (χ2n) is 5.70. The predicted octanol–water partition coefficient (Wildman–Crippen LogP) is 3.28. The highest BCUT2D eigenvalue weighted by atomic mass is 32.1. The molecule has 0 fully saturated rings. The summed E-state index contributed by atoms with van der Waals surface area (Å²) in [6, 6.07) is 7.87. The minimum absolute atomic E-state index is 0.0714. The molecular formula is C19H20N4OS. The molecule has 3 rings (SSSR count). The van der Waals surface area contributed by atoms with Crippen LogP contribution in [0.3, 0.4) is 0 Å². The summed E-state index contributed by atoms with van der Waals surface area (Å²) in [6.07, 6.45) is 10.1. The van der Waals surface area contributed by atoms with Gasteiger partial charge in [-0.25, -0.2) is 4.98 Å². The zero-order valence-corrected chi connectivity index (χ0v) is 14.7. The van der Waals surface area contributed by atoms with Gasteiger partial charge in [0.05, 0.1) is 5.69 Å².